The van der Waals surface area contributed by atoms with Crippen LogP contribution in [-0.4, -0.2) is 49.4 Å². The summed E-state index contributed by atoms with van der Waals surface area (Å²) in [5.41, 5.74) is 10.8. The molecule has 1 spiro atoms. The highest BCUT2D eigenvalue weighted by Gasteiger charge is 2.51. The Hall–Kier alpha value is -4.34. The Morgan fingerprint density at radius 3 is 2.67 bits per heavy atom. The second kappa shape index (κ2) is 9.44. The molecule has 0 unspecified atom stereocenters. The first-order chi connectivity index (χ1) is 18.4. The number of aromatic nitrogens is 4. The summed E-state index contributed by atoms with van der Waals surface area (Å²) in [5, 5.41) is 8.67. The van der Waals surface area contributed by atoms with Crippen molar-refractivity contribution in [1.29, 1.82) is 0 Å². The van der Waals surface area contributed by atoms with Gasteiger partial charge in [0.05, 0.1) is 24.3 Å². The van der Waals surface area contributed by atoms with E-state index in [2.05, 4.69) is 22.0 Å². The summed E-state index contributed by atoms with van der Waals surface area (Å²) >= 11 is 0. The van der Waals surface area contributed by atoms with Crippen LogP contribution in [0.25, 0.3) is 11.3 Å². The molecule has 1 aromatic carbocycles. The van der Waals surface area contributed by atoms with Crippen LogP contribution < -0.4 is 11.5 Å². The van der Waals surface area contributed by atoms with Gasteiger partial charge in [0.15, 0.2) is 0 Å². The van der Waals surface area contributed by atoms with E-state index in [1.807, 2.05) is 0 Å². The number of rotatable bonds is 5. The lowest BCUT2D eigenvalue weighted by Crippen LogP contribution is -2.42. The molecule has 3 heterocycles. The van der Waals surface area contributed by atoms with Crippen LogP contribution in [0.4, 0.5) is 23.4 Å². The van der Waals surface area contributed by atoms with E-state index in [9.17, 15) is 27.2 Å². The van der Waals surface area contributed by atoms with Crippen LogP contribution >= 0.6 is 0 Å². The molecule has 0 radical (unpaired) electrons. The zero-order valence-corrected chi connectivity index (χ0v) is 20.9. The molecule has 2 amide bonds. The molecule has 204 valence electrons. The van der Waals surface area contributed by atoms with E-state index >= 15 is 0 Å². The van der Waals surface area contributed by atoms with E-state index in [1.54, 1.807) is 16.5 Å². The lowest BCUT2D eigenvalue weighted by atomic mass is 9.65. The van der Waals surface area contributed by atoms with Crippen molar-refractivity contribution in [3.63, 3.8) is 0 Å². The van der Waals surface area contributed by atoms with Gasteiger partial charge in [-0.05, 0) is 43.6 Å². The Morgan fingerprint density at radius 1 is 1.26 bits per heavy atom. The summed E-state index contributed by atoms with van der Waals surface area (Å²) in [5.74, 6) is 2.92. The minimum Gasteiger partial charge on any atom is -0.383 e. The fraction of sp³-hybridized carbons (Fsp3) is 0.385. The monoisotopic (exact) mass is 543 g/mol. The number of alkyl halides is 3. The lowest BCUT2D eigenvalue weighted by Gasteiger charge is -2.45. The minimum atomic E-state index is -4.83. The smallest absolute Gasteiger partial charge is 0.383 e. The third kappa shape index (κ3) is 4.71. The number of hydrogen-bond acceptors (Lipinski definition) is 5. The van der Waals surface area contributed by atoms with Crippen molar-refractivity contribution in [3.05, 3.63) is 53.1 Å². The number of amides is 2. The Labute approximate surface area is 220 Å². The molecule has 1 saturated carbocycles. The molecule has 1 aliphatic carbocycles. The van der Waals surface area contributed by atoms with Crippen LogP contribution in [0.1, 0.15) is 53.7 Å². The number of nitrogens with two attached hydrogens (primary N) is 2. The second-order valence-corrected chi connectivity index (χ2v) is 10.0. The van der Waals surface area contributed by atoms with Gasteiger partial charge in [-0.1, -0.05) is 18.1 Å². The number of benzene rings is 1. The molecule has 2 aromatic heterocycles. The van der Waals surface area contributed by atoms with E-state index in [0.29, 0.717) is 37.6 Å². The summed E-state index contributed by atoms with van der Waals surface area (Å²) in [7, 11) is 0. The second-order valence-electron chi connectivity index (χ2n) is 10.0. The highest BCUT2D eigenvalue weighted by atomic mass is 19.4. The van der Waals surface area contributed by atoms with E-state index in [-0.39, 0.29) is 46.5 Å². The van der Waals surface area contributed by atoms with Crippen molar-refractivity contribution < 1.29 is 27.2 Å². The molecular weight excluding hydrogens is 518 g/mol. The van der Waals surface area contributed by atoms with Crippen LogP contribution in [0.5, 0.6) is 0 Å². The maximum absolute atomic E-state index is 14.5. The van der Waals surface area contributed by atoms with Gasteiger partial charge in [0.25, 0.3) is 11.8 Å². The van der Waals surface area contributed by atoms with Crippen molar-refractivity contribution >= 4 is 17.6 Å². The maximum atomic E-state index is 14.5. The average molecular weight is 544 g/mol. The molecule has 5 rings (SSSR count). The van der Waals surface area contributed by atoms with Gasteiger partial charge in [-0.3, -0.25) is 14.3 Å². The number of hydrogen-bond donors (Lipinski definition) is 2. The van der Waals surface area contributed by atoms with Crippen molar-refractivity contribution in [2.75, 3.05) is 18.8 Å². The Morgan fingerprint density at radius 2 is 2.00 bits per heavy atom. The molecule has 1 saturated heterocycles. The lowest BCUT2D eigenvalue weighted by molar-refractivity contribution is -0.140. The predicted octanol–water partition coefficient (Wildman–Crippen LogP) is 3.21. The molecule has 0 atom stereocenters. The van der Waals surface area contributed by atoms with Crippen LogP contribution in [0.3, 0.4) is 0 Å². The number of carbonyl (C=O) groups is 2. The van der Waals surface area contributed by atoms with Crippen LogP contribution in [0.2, 0.25) is 0 Å². The minimum absolute atomic E-state index is 0.00203. The number of likely N-dealkylation sites (tertiary alicyclic amines) is 1. The normalized spacial score (nSPS) is 20.5. The predicted molar refractivity (Wildman–Crippen MR) is 132 cm³/mol. The SMILES string of the molecule is CC#CC(=O)N1CC[C@]2(C1)C[C@H](n1nc(-c3cnn(Cc4cccc(C(F)(F)F)c4F)c3)c(C(N)=O)c1N)C2. The molecule has 9 nitrogen and oxygen atoms in total. The van der Waals surface area contributed by atoms with Gasteiger partial charge in [-0.15, -0.1) is 0 Å². The fourth-order valence-corrected chi connectivity index (χ4v) is 5.58. The van der Waals surface area contributed by atoms with Gasteiger partial charge in [-0.2, -0.15) is 23.4 Å². The summed E-state index contributed by atoms with van der Waals surface area (Å²) in [6, 6.07) is 2.93. The zero-order valence-electron chi connectivity index (χ0n) is 20.9. The average Bonchev–Trinajstić information content (AvgIpc) is 3.56. The first-order valence-corrected chi connectivity index (χ1v) is 12.2. The van der Waals surface area contributed by atoms with E-state index in [0.717, 1.165) is 12.5 Å². The number of nitrogen functional groups attached to an aromatic ring is 1. The van der Waals surface area contributed by atoms with E-state index < -0.39 is 23.5 Å². The maximum Gasteiger partial charge on any atom is 0.419 e. The molecule has 4 N–H and O–H groups in total. The van der Waals surface area contributed by atoms with E-state index in [1.165, 1.54) is 23.1 Å². The highest BCUT2D eigenvalue weighted by Crippen LogP contribution is 2.54. The number of nitrogens with zero attached hydrogens (tertiary/aromatic N) is 5. The topological polar surface area (TPSA) is 125 Å². The molecule has 0 bridgehead atoms. The van der Waals surface area contributed by atoms with Crippen LogP contribution in [-0.2, 0) is 17.5 Å². The molecular formula is C26H25F4N7O2. The molecule has 1 aliphatic heterocycles. The van der Waals surface area contributed by atoms with Crippen molar-refractivity contribution in [1.82, 2.24) is 24.5 Å². The van der Waals surface area contributed by atoms with Gasteiger partial charge in [-0.25, -0.2) is 9.07 Å². The molecule has 3 aromatic rings. The van der Waals surface area contributed by atoms with Crippen LogP contribution in [0.15, 0.2) is 30.6 Å². The van der Waals surface area contributed by atoms with Crippen molar-refractivity contribution in [2.45, 2.75) is 44.9 Å². The van der Waals surface area contributed by atoms with Crippen LogP contribution in [0, 0.1) is 23.1 Å². The molecule has 2 fully saturated rings. The quantitative estimate of drug-likeness (QED) is 0.378. The zero-order chi connectivity index (χ0) is 28.1. The number of anilines is 1. The third-order valence-electron chi connectivity index (χ3n) is 7.46. The largest absolute Gasteiger partial charge is 0.419 e. The summed E-state index contributed by atoms with van der Waals surface area (Å²) < 4.78 is 56.5. The molecule has 13 heteroatoms. The highest BCUT2D eigenvalue weighted by molar-refractivity contribution is 6.03. The number of halogens is 4. The Bertz CT molecular complexity index is 1520. The van der Waals surface area contributed by atoms with Gasteiger partial charge in [0.1, 0.15) is 22.9 Å². The fourth-order valence-electron chi connectivity index (χ4n) is 5.58. The first kappa shape index (κ1) is 26.3. The number of carbonyl (C=O) groups excluding carboxylic acids is 2. The molecule has 39 heavy (non-hydrogen) atoms. The van der Waals surface area contributed by atoms with Gasteiger partial charge in [0.2, 0.25) is 0 Å². The summed E-state index contributed by atoms with van der Waals surface area (Å²) in [6.45, 7) is 2.55. The first-order valence-electron chi connectivity index (χ1n) is 12.2. The standard InChI is InChI=1S/C26H25F4N7O2/c1-2-4-19(38)35-8-7-25(14-35)9-17(10-25)37-23(31)20(24(32)39)22(34-37)16-11-33-36(13-16)12-15-5-3-6-18(21(15)27)26(28,29)30/h3,5-6,11,13,17H,7-10,12,14,31H2,1H3,(H2,32,39)/t17-,25-. The molecule has 2 aliphatic rings. The van der Waals surface area contributed by atoms with E-state index in [4.69, 9.17) is 11.5 Å². The third-order valence-corrected chi connectivity index (χ3v) is 7.46. The number of primary amides is 1. The van der Waals surface area contributed by atoms with Crippen molar-refractivity contribution in [3.8, 4) is 23.1 Å². The summed E-state index contributed by atoms with van der Waals surface area (Å²) in [4.78, 5) is 26.2. The summed E-state index contributed by atoms with van der Waals surface area (Å²) in [6.07, 6.45) is 0.210. The Kier molecular flexibility index (Phi) is 6.36. The Balaban J connectivity index is 1.37. The van der Waals surface area contributed by atoms with Gasteiger partial charge >= 0.3 is 6.18 Å². The van der Waals surface area contributed by atoms with Gasteiger partial charge in [0, 0.05) is 30.4 Å². The van der Waals surface area contributed by atoms with Crippen molar-refractivity contribution in [2.24, 2.45) is 11.1 Å². The van der Waals surface area contributed by atoms with Gasteiger partial charge < -0.3 is 16.4 Å².